The second kappa shape index (κ2) is 8.62. The smallest absolute Gasteiger partial charge is 0.175 e. The third-order valence-corrected chi connectivity index (χ3v) is 4.87. The van der Waals surface area contributed by atoms with Crippen molar-refractivity contribution in [3.63, 3.8) is 0 Å². The summed E-state index contributed by atoms with van der Waals surface area (Å²) in [5.74, 6) is 1.34. The van der Waals surface area contributed by atoms with E-state index in [1.165, 1.54) is 0 Å². The Bertz CT molecular complexity index is 707. The fraction of sp³-hybridized carbons (Fsp3) is 0.176. The highest BCUT2D eigenvalue weighted by Gasteiger charge is 2.11. The van der Waals surface area contributed by atoms with Crippen LogP contribution in [0.25, 0.3) is 0 Å². The molecule has 2 aromatic rings. The van der Waals surface area contributed by atoms with E-state index in [1.807, 2.05) is 30.3 Å². The molecule has 0 aliphatic heterocycles. The first kappa shape index (κ1) is 18.2. The molecule has 0 heterocycles. The minimum absolute atomic E-state index is 0.421. The Morgan fingerprint density at radius 1 is 1.22 bits per heavy atom. The summed E-state index contributed by atoms with van der Waals surface area (Å²) >= 11 is 13.0. The number of rotatable bonds is 7. The molecule has 1 N–H and O–H groups in total. The van der Waals surface area contributed by atoms with Crippen molar-refractivity contribution in [1.82, 2.24) is 0 Å². The quantitative estimate of drug-likeness (QED) is 0.509. The van der Waals surface area contributed by atoms with Gasteiger partial charge in [0.2, 0.25) is 0 Å². The zero-order chi connectivity index (χ0) is 16.8. The molecule has 122 valence electrons. The van der Waals surface area contributed by atoms with Gasteiger partial charge in [0.25, 0.3) is 0 Å². The molecule has 0 amide bonds. The maximum atomic E-state index is 6.10. The van der Waals surface area contributed by atoms with E-state index in [9.17, 15) is 0 Å². The van der Waals surface area contributed by atoms with Gasteiger partial charge >= 0.3 is 0 Å². The van der Waals surface area contributed by atoms with Gasteiger partial charge in [-0.05, 0) is 67.8 Å². The minimum Gasteiger partial charge on any atom is -0.493 e. The summed E-state index contributed by atoms with van der Waals surface area (Å²) in [7, 11) is 1.62. The number of hydrogen-bond acceptors (Lipinski definition) is 3. The van der Waals surface area contributed by atoms with E-state index in [4.69, 9.17) is 21.1 Å². The molecule has 0 aliphatic carbocycles. The first-order valence-corrected chi connectivity index (χ1v) is 8.80. The zero-order valence-corrected chi connectivity index (χ0v) is 16.5. The van der Waals surface area contributed by atoms with Gasteiger partial charge in [0.05, 0.1) is 16.6 Å². The van der Waals surface area contributed by atoms with Gasteiger partial charge in [0.15, 0.2) is 11.5 Å². The highest BCUT2D eigenvalue weighted by Crippen LogP contribution is 2.37. The Balaban J connectivity index is 2.15. The van der Waals surface area contributed by atoms with Crippen LogP contribution in [0.1, 0.15) is 5.56 Å². The number of nitrogens with one attached hydrogen (secondary N) is 1. The molecule has 0 aromatic heterocycles. The molecule has 0 radical (unpaired) electrons. The molecule has 0 atom stereocenters. The summed E-state index contributed by atoms with van der Waals surface area (Å²) in [6.45, 7) is 4.70. The van der Waals surface area contributed by atoms with Crippen LogP contribution in [0.5, 0.6) is 11.5 Å². The average Bonchev–Trinajstić information content (AvgIpc) is 2.54. The summed E-state index contributed by atoms with van der Waals surface area (Å²) in [5, 5.41) is 4.00. The molecule has 23 heavy (non-hydrogen) atoms. The Hall–Kier alpha value is -1.17. The molecule has 0 aliphatic rings. The highest BCUT2D eigenvalue weighted by atomic mass is 79.9. The number of benzene rings is 2. The minimum atomic E-state index is 0.421. The van der Waals surface area contributed by atoms with Gasteiger partial charge in [-0.1, -0.05) is 24.3 Å². The number of hydrogen-bond donors (Lipinski definition) is 1. The largest absolute Gasteiger partial charge is 0.493 e. The van der Waals surface area contributed by atoms with Crippen molar-refractivity contribution in [2.75, 3.05) is 19.0 Å². The van der Waals surface area contributed by atoms with Crippen LogP contribution in [0.3, 0.4) is 0 Å². The topological polar surface area (TPSA) is 30.5 Å². The third kappa shape index (κ3) is 4.90. The fourth-order valence-electron chi connectivity index (χ4n) is 1.97. The normalized spacial score (nSPS) is 10.3. The second-order valence-corrected chi connectivity index (χ2v) is 6.81. The number of halogens is 3. The van der Waals surface area contributed by atoms with E-state index in [1.54, 1.807) is 13.2 Å². The first-order valence-electron chi connectivity index (χ1n) is 6.84. The zero-order valence-electron chi connectivity index (χ0n) is 12.5. The fourth-order valence-corrected chi connectivity index (χ4v) is 3.00. The molecule has 6 heteroatoms. The molecule has 0 unspecified atom stereocenters. The molecular weight excluding hydrogens is 445 g/mol. The summed E-state index contributed by atoms with van der Waals surface area (Å²) in [6, 6.07) is 9.68. The van der Waals surface area contributed by atoms with E-state index in [0.717, 1.165) is 20.2 Å². The van der Waals surface area contributed by atoms with Crippen molar-refractivity contribution < 1.29 is 9.47 Å². The summed E-state index contributed by atoms with van der Waals surface area (Å²) in [4.78, 5) is 0. The lowest BCUT2D eigenvalue weighted by Gasteiger charge is -2.14. The van der Waals surface area contributed by atoms with Crippen molar-refractivity contribution in [1.29, 1.82) is 0 Å². The molecule has 2 rings (SSSR count). The summed E-state index contributed by atoms with van der Waals surface area (Å²) in [5.41, 5.74) is 2.00. The summed E-state index contributed by atoms with van der Waals surface area (Å²) < 4.78 is 12.7. The lowest BCUT2D eigenvalue weighted by Crippen LogP contribution is -2.02. The lowest BCUT2D eigenvalue weighted by atomic mass is 10.2. The van der Waals surface area contributed by atoms with Crippen molar-refractivity contribution in [2.24, 2.45) is 0 Å². The Morgan fingerprint density at radius 2 is 2.00 bits per heavy atom. The monoisotopic (exact) mass is 459 g/mol. The van der Waals surface area contributed by atoms with Gasteiger partial charge in [-0.3, -0.25) is 0 Å². The SMILES string of the molecule is C=CCOc1c(Br)cc(CNc2ccc(Br)c(Cl)c2)cc1OC. The van der Waals surface area contributed by atoms with Crippen molar-refractivity contribution in [3.05, 3.63) is 62.5 Å². The van der Waals surface area contributed by atoms with Crippen LogP contribution in [0.2, 0.25) is 5.02 Å². The standard InChI is InChI=1S/C17H16Br2ClNO2/c1-3-6-23-17-14(19)7-11(8-16(17)22-2)10-21-12-4-5-13(18)15(20)9-12/h3-5,7-9,21H,1,6,10H2,2H3. The van der Waals surface area contributed by atoms with E-state index >= 15 is 0 Å². The van der Waals surface area contributed by atoms with Crippen LogP contribution < -0.4 is 14.8 Å². The van der Waals surface area contributed by atoms with Gasteiger partial charge in [0, 0.05) is 16.7 Å². The predicted octanol–water partition coefficient (Wildman–Crippen LogP) is 6.05. The summed E-state index contributed by atoms with van der Waals surface area (Å²) in [6.07, 6.45) is 1.69. The van der Waals surface area contributed by atoms with E-state index in [0.29, 0.717) is 29.7 Å². The van der Waals surface area contributed by atoms with Crippen molar-refractivity contribution >= 4 is 49.1 Å². The van der Waals surface area contributed by atoms with E-state index in [2.05, 4.69) is 43.8 Å². The van der Waals surface area contributed by atoms with E-state index < -0.39 is 0 Å². The van der Waals surface area contributed by atoms with Crippen LogP contribution in [0, 0.1) is 0 Å². The van der Waals surface area contributed by atoms with E-state index in [-0.39, 0.29) is 0 Å². The van der Waals surface area contributed by atoms with Crippen LogP contribution in [-0.4, -0.2) is 13.7 Å². The van der Waals surface area contributed by atoms with Crippen LogP contribution >= 0.6 is 43.5 Å². The van der Waals surface area contributed by atoms with Gasteiger partial charge in [0.1, 0.15) is 6.61 Å². The molecule has 0 saturated carbocycles. The Kier molecular flexibility index (Phi) is 6.81. The third-order valence-electron chi connectivity index (χ3n) is 3.05. The number of ether oxygens (including phenoxy) is 2. The van der Waals surface area contributed by atoms with Gasteiger partial charge in [-0.15, -0.1) is 0 Å². The lowest BCUT2D eigenvalue weighted by molar-refractivity contribution is 0.324. The molecule has 0 spiro atoms. The Morgan fingerprint density at radius 3 is 2.65 bits per heavy atom. The van der Waals surface area contributed by atoms with Crippen LogP contribution in [0.4, 0.5) is 5.69 Å². The molecular formula is C17H16Br2ClNO2. The van der Waals surface area contributed by atoms with Gasteiger partial charge < -0.3 is 14.8 Å². The molecule has 0 fully saturated rings. The maximum absolute atomic E-state index is 6.10. The van der Waals surface area contributed by atoms with Gasteiger partial charge in [-0.2, -0.15) is 0 Å². The number of methoxy groups -OCH3 is 1. The average molecular weight is 462 g/mol. The van der Waals surface area contributed by atoms with Crippen LogP contribution in [-0.2, 0) is 6.54 Å². The Labute approximate surface area is 157 Å². The maximum Gasteiger partial charge on any atom is 0.175 e. The van der Waals surface area contributed by atoms with Gasteiger partial charge in [-0.25, -0.2) is 0 Å². The predicted molar refractivity (Wildman–Crippen MR) is 103 cm³/mol. The van der Waals surface area contributed by atoms with Crippen LogP contribution in [0.15, 0.2) is 51.9 Å². The van der Waals surface area contributed by atoms with Crippen molar-refractivity contribution in [3.8, 4) is 11.5 Å². The molecule has 2 aromatic carbocycles. The first-order chi connectivity index (χ1) is 11.0. The second-order valence-electron chi connectivity index (χ2n) is 4.69. The highest BCUT2D eigenvalue weighted by molar-refractivity contribution is 9.10. The molecule has 0 bridgehead atoms. The molecule has 3 nitrogen and oxygen atoms in total. The van der Waals surface area contributed by atoms with Crippen molar-refractivity contribution in [2.45, 2.75) is 6.54 Å². The molecule has 0 saturated heterocycles. The number of anilines is 1.